The first kappa shape index (κ1) is 24.8. The average Bonchev–Trinajstić information content (AvgIpc) is 3.49. The van der Waals surface area contributed by atoms with Crippen molar-refractivity contribution in [2.75, 3.05) is 10.7 Å². The Balaban J connectivity index is 1.15. The van der Waals surface area contributed by atoms with Gasteiger partial charge >= 0.3 is 0 Å². The van der Waals surface area contributed by atoms with Crippen molar-refractivity contribution in [2.45, 2.75) is 36.1 Å². The zero-order chi connectivity index (χ0) is 26.1. The van der Waals surface area contributed by atoms with Crippen molar-refractivity contribution < 1.29 is 14.4 Å². The lowest BCUT2D eigenvalue weighted by atomic mass is 9.81. The van der Waals surface area contributed by atoms with E-state index < -0.39 is 0 Å². The molecule has 0 radical (unpaired) electrons. The SMILES string of the molecule is O=C(CSc1nc2ccc(N3C(=O)[C@@H]4CCCC[C@H]4C3=O)cc2s1)NC(c1ccccc1)c1ccccc1. The lowest BCUT2D eigenvalue weighted by Crippen LogP contribution is -2.30. The van der Waals surface area contributed by atoms with E-state index in [1.807, 2.05) is 72.8 Å². The van der Waals surface area contributed by atoms with Crippen molar-refractivity contribution in [3.8, 4) is 0 Å². The second kappa shape index (κ2) is 10.7. The molecule has 1 aromatic heterocycles. The predicted molar refractivity (Wildman–Crippen MR) is 151 cm³/mol. The van der Waals surface area contributed by atoms with Crippen molar-refractivity contribution in [2.24, 2.45) is 11.8 Å². The van der Waals surface area contributed by atoms with Crippen LogP contribution in [0.4, 0.5) is 5.69 Å². The summed E-state index contributed by atoms with van der Waals surface area (Å²) in [5.74, 6) is -0.330. The van der Waals surface area contributed by atoms with E-state index in [0.717, 1.165) is 51.4 Å². The topological polar surface area (TPSA) is 79.4 Å². The highest BCUT2D eigenvalue weighted by Gasteiger charge is 2.48. The lowest BCUT2D eigenvalue weighted by molar-refractivity contribution is -0.122. The Hall–Kier alpha value is -3.49. The average molecular weight is 542 g/mol. The number of hydrogen-bond donors (Lipinski definition) is 1. The molecule has 2 aliphatic rings. The molecule has 192 valence electrons. The van der Waals surface area contributed by atoms with Gasteiger partial charge in [0.25, 0.3) is 0 Å². The van der Waals surface area contributed by atoms with Crippen molar-refractivity contribution in [1.29, 1.82) is 0 Å². The first-order valence-corrected chi connectivity index (χ1v) is 14.7. The maximum absolute atomic E-state index is 13.0. The number of amides is 3. The number of fused-ring (bicyclic) bond motifs is 2. The summed E-state index contributed by atoms with van der Waals surface area (Å²) in [4.78, 5) is 45.0. The van der Waals surface area contributed by atoms with Crippen LogP contribution in [0.3, 0.4) is 0 Å². The van der Waals surface area contributed by atoms with E-state index in [2.05, 4.69) is 10.3 Å². The first-order chi connectivity index (χ1) is 18.6. The molecule has 6 nitrogen and oxygen atoms in total. The van der Waals surface area contributed by atoms with Crippen molar-refractivity contribution in [3.05, 3.63) is 90.0 Å². The van der Waals surface area contributed by atoms with E-state index in [0.29, 0.717) is 5.69 Å². The van der Waals surface area contributed by atoms with Gasteiger partial charge in [-0.3, -0.25) is 19.3 Å². The van der Waals surface area contributed by atoms with E-state index in [9.17, 15) is 14.4 Å². The number of aromatic nitrogens is 1. The lowest BCUT2D eigenvalue weighted by Gasteiger charge is -2.19. The van der Waals surface area contributed by atoms with Crippen LogP contribution in [0, 0.1) is 11.8 Å². The van der Waals surface area contributed by atoms with Crippen LogP contribution in [-0.4, -0.2) is 28.5 Å². The summed E-state index contributed by atoms with van der Waals surface area (Å²) in [6.45, 7) is 0. The third-order valence-corrected chi connectivity index (χ3v) is 9.51. The summed E-state index contributed by atoms with van der Waals surface area (Å²) < 4.78 is 1.67. The number of rotatable bonds is 7. The zero-order valence-electron chi connectivity index (χ0n) is 20.7. The summed E-state index contributed by atoms with van der Waals surface area (Å²) in [5, 5.41) is 3.17. The number of benzene rings is 3. The molecule has 2 heterocycles. The van der Waals surface area contributed by atoms with Crippen molar-refractivity contribution in [3.63, 3.8) is 0 Å². The van der Waals surface area contributed by atoms with Gasteiger partial charge in [-0.1, -0.05) is 85.3 Å². The molecule has 1 aliphatic carbocycles. The summed E-state index contributed by atoms with van der Waals surface area (Å²) in [5.41, 5.74) is 3.46. The molecule has 1 saturated carbocycles. The number of carbonyl (C=O) groups excluding carboxylic acids is 3. The molecular weight excluding hydrogens is 514 g/mol. The Morgan fingerprint density at radius 1 is 0.921 bits per heavy atom. The second-order valence-electron chi connectivity index (χ2n) is 9.75. The summed E-state index contributed by atoms with van der Waals surface area (Å²) >= 11 is 2.86. The van der Waals surface area contributed by atoms with Gasteiger partial charge in [0, 0.05) is 0 Å². The van der Waals surface area contributed by atoms with Crippen LogP contribution in [0.15, 0.2) is 83.2 Å². The number of imide groups is 1. The van der Waals surface area contributed by atoms with E-state index in [1.165, 1.54) is 28.0 Å². The Bertz CT molecular complexity index is 1430. The molecule has 1 N–H and O–H groups in total. The summed E-state index contributed by atoms with van der Waals surface area (Å²) in [6, 6.07) is 25.2. The summed E-state index contributed by atoms with van der Waals surface area (Å²) in [6.07, 6.45) is 3.61. The van der Waals surface area contributed by atoms with Crippen LogP contribution in [0.5, 0.6) is 0 Å². The Morgan fingerprint density at radius 3 is 2.13 bits per heavy atom. The zero-order valence-corrected chi connectivity index (χ0v) is 22.3. The van der Waals surface area contributed by atoms with Gasteiger partial charge in [-0.25, -0.2) is 4.98 Å². The molecule has 2 atom stereocenters. The van der Waals surface area contributed by atoms with E-state index in [1.54, 1.807) is 6.07 Å². The molecule has 3 aromatic carbocycles. The molecule has 1 aliphatic heterocycles. The van der Waals surface area contributed by atoms with Gasteiger partial charge < -0.3 is 5.32 Å². The fourth-order valence-corrected chi connectivity index (χ4v) is 7.40. The third-order valence-electron chi connectivity index (χ3n) is 7.35. The number of carbonyl (C=O) groups is 3. The normalized spacial score (nSPS) is 19.2. The maximum Gasteiger partial charge on any atom is 0.237 e. The van der Waals surface area contributed by atoms with Gasteiger partial charge in [0.05, 0.1) is 39.5 Å². The minimum atomic E-state index is -0.234. The van der Waals surface area contributed by atoms with Crippen LogP contribution >= 0.6 is 23.1 Å². The number of nitrogens with zero attached hydrogens (tertiary/aromatic N) is 2. The van der Waals surface area contributed by atoms with E-state index in [4.69, 9.17) is 0 Å². The minimum absolute atomic E-state index is 0.0683. The standard InChI is InChI=1S/C30H27N3O3S2/c34-26(32-27(19-9-3-1-4-10-19)20-11-5-2-6-12-20)18-37-30-31-24-16-15-21(17-25(24)38-30)33-28(35)22-13-7-8-14-23(22)29(33)36/h1-6,9-12,15-17,22-23,27H,7-8,13-14,18H2,(H,32,34)/t22-,23-/m1/s1. The monoisotopic (exact) mass is 541 g/mol. The third kappa shape index (κ3) is 4.86. The molecule has 0 unspecified atom stereocenters. The molecule has 3 amide bonds. The Labute approximate surface area is 229 Å². The largest absolute Gasteiger partial charge is 0.344 e. The molecule has 1 saturated heterocycles. The van der Waals surface area contributed by atoms with Gasteiger partial charge in [0.15, 0.2) is 4.34 Å². The second-order valence-corrected chi connectivity index (χ2v) is 12.0. The highest BCUT2D eigenvalue weighted by Crippen LogP contribution is 2.41. The highest BCUT2D eigenvalue weighted by molar-refractivity contribution is 8.01. The van der Waals surface area contributed by atoms with Crippen LogP contribution in [0.2, 0.25) is 0 Å². The van der Waals surface area contributed by atoms with Crippen LogP contribution in [-0.2, 0) is 14.4 Å². The fourth-order valence-electron chi connectivity index (χ4n) is 5.49. The number of hydrogen-bond acceptors (Lipinski definition) is 6. The smallest absolute Gasteiger partial charge is 0.237 e. The highest BCUT2D eigenvalue weighted by atomic mass is 32.2. The van der Waals surface area contributed by atoms with Crippen LogP contribution in [0.1, 0.15) is 42.9 Å². The number of thioether (sulfide) groups is 1. The Morgan fingerprint density at radius 2 is 1.53 bits per heavy atom. The van der Waals surface area contributed by atoms with Crippen molar-refractivity contribution >= 4 is 56.7 Å². The maximum atomic E-state index is 13.0. The number of anilines is 1. The quantitative estimate of drug-likeness (QED) is 0.230. The molecule has 2 fully saturated rings. The number of thiazole rings is 1. The molecular formula is C30H27N3O3S2. The van der Waals surface area contributed by atoms with Crippen LogP contribution < -0.4 is 10.2 Å². The molecule has 4 aromatic rings. The van der Waals surface area contributed by atoms with E-state index >= 15 is 0 Å². The predicted octanol–water partition coefficient (Wildman–Crippen LogP) is 5.97. The summed E-state index contributed by atoms with van der Waals surface area (Å²) in [7, 11) is 0. The van der Waals surface area contributed by atoms with Gasteiger partial charge in [0.1, 0.15) is 0 Å². The molecule has 38 heavy (non-hydrogen) atoms. The van der Waals surface area contributed by atoms with Gasteiger partial charge in [-0.15, -0.1) is 11.3 Å². The van der Waals surface area contributed by atoms with Crippen molar-refractivity contribution in [1.82, 2.24) is 10.3 Å². The van der Waals surface area contributed by atoms with E-state index in [-0.39, 0.29) is 41.4 Å². The number of nitrogens with one attached hydrogen (secondary N) is 1. The molecule has 0 bridgehead atoms. The first-order valence-electron chi connectivity index (χ1n) is 12.9. The van der Waals surface area contributed by atoms with Crippen LogP contribution in [0.25, 0.3) is 10.2 Å². The molecule has 8 heteroatoms. The minimum Gasteiger partial charge on any atom is -0.344 e. The van der Waals surface area contributed by atoms with Gasteiger partial charge in [-0.05, 0) is 42.2 Å². The van der Waals surface area contributed by atoms with Gasteiger partial charge in [-0.2, -0.15) is 0 Å². The Kier molecular flexibility index (Phi) is 7.00. The van der Waals surface area contributed by atoms with Gasteiger partial charge in [0.2, 0.25) is 17.7 Å². The molecule has 0 spiro atoms. The fraction of sp³-hybridized carbons (Fsp3) is 0.267. The molecule has 6 rings (SSSR count).